The SMILES string of the molecule is CN(C)c1ccc(N2CCC(=O)C2)cc1. The summed E-state index contributed by atoms with van der Waals surface area (Å²) < 4.78 is 0. The predicted octanol–water partition coefficient (Wildman–Crippen LogP) is 1.53. The van der Waals surface area contributed by atoms with Crippen molar-refractivity contribution in [1.29, 1.82) is 0 Å². The Morgan fingerprint density at radius 3 is 2.33 bits per heavy atom. The van der Waals surface area contributed by atoms with Crippen molar-refractivity contribution in [3.05, 3.63) is 24.3 Å². The minimum Gasteiger partial charge on any atom is -0.378 e. The number of anilines is 2. The van der Waals surface area contributed by atoms with Gasteiger partial charge in [-0.2, -0.15) is 0 Å². The molecule has 1 aromatic rings. The highest BCUT2D eigenvalue weighted by molar-refractivity contribution is 5.87. The van der Waals surface area contributed by atoms with Crippen LogP contribution in [0.5, 0.6) is 0 Å². The van der Waals surface area contributed by atoms with Gasteiger partial charge in [0.05, 0.1) is 6.54 Å². The molecular weight excluding hydrogens is 188 g/mol. The van der Waals surface area contributed by atoms with Crippen molar-refractivity contribution in [1.82, 2.24) is 0 Å². The summed E-state index contributed by atoms with van der Waals surface area (Å²) in [6.45, 7) is 1.43. The summed E-state index contributed by atoms with van der Waals surface area (Å²) in [7, 11) is 4.04. The van der Waals surface area contributed by atoms with Crippen molar-refractivity contribution < 1.29 is 4.79 Å². The fourth-order valence-corrected chi connectivity index (χ4v) is 1.81. The largest absolute Gasteiger partial charge is 0.378 e. The molecule has 0 unspecified atom stereocenters. The van der Waals surface area contributed by atoms with Gasteiger partial charge in [-0.1, -0.05) is 0 Å². The number of rotatable bonds is 2. The number of carbonyl (C=O) groups is 1. The third kappa shape index (κ3) is 2.12. The minimum atomic E-state index is 0.340. The second kappa shape index (κ2) is 3.93. The van der Waals surface area contributed by atoms with Crippen LogP contribution in [0.1, 0.15) is 6.42 Å². The molecule has 1 aliphatic heterocycles. The molecule has 3 nitrogen and oxygen atoms in total. The second-order valence-electron chi connectivity index (χ2n) is 4.12. The number of benzene rings is 1. The van der Waals surface area contributed by atoms with Crippen LogP contribution >= 0.6 is 0 Å². The molecule has 0 spiro atoms. The lowest BCUT2D eigenvalue weighted by atomic mass is 10.2. The van der Waals surface area contributed by atoms with Gasteiger partial charge in [0.15, 0.2) is 5.78 Å². The maximum Gasteiger partial charge on any atom is 0.153 e. The van der Waals surface area contributed by atoms with E-state index < -0.39 is 0 Å². The van der Waals surface area contributed by atoms with Crippen LogP contribution in [0.3, 0.4) is 0 Å². The third-order valence-electron chi connectivity index (χ3n) is 2.76. The molecule has 1 aliphatic rings. The second-order valence-corrected chi connectivity index (χ2v) is 4.12. The molecule has 15 heavy (non-hydrogen) atoms. The number of ketones is 1. The fourth-order valence-electron chi connectivity index (χ4n) is 1.81. The highest BCUT2D eigenvalue weighted by Crippen LogP contribution is 2.21. The Balaban J connectivity index is 2.13. The number of nitrogens with zero attached hydrogens (tertiary/aromatic N) is 2. The van der Waals surface area contributed by atoms with E-state index in [2.05, 4.69) is 34.1 Å². The van der Waals surface area contributed by atoms with Crippen molar-refractivity contribution >= 4 is 17.2 Å². The normalized spacial score (nSPS) is 15.9. The van der Waals surface area contributed by atoms with Crippen molar-refractivity contribution in [2.24, 2.45) is 0 Å². The molecule has 80 valence electrons. The van der Waals surface area contributed by atoms with E-state index >= 15 is 0 Å². The van der Waals surface area contributed by atoms with E-state index in [-0.39, 0.29) is 0 Å². The summed E-state index contributed by atoms with van der Waals surface area (Å²) in [5, 5.41) is 0. The number of hydrogen-bond donors (Lipinski definition) is 0. The summed E-state index contributed by atoms with van der Waals surface area (Å²) in [4.78, 5) is 15.3. The van der Waals surface area contributed by atoms with Crippen molar-refractivity contribution in [3.8, 4) is 0 Å². The quantitative estimate of drug-likeness (QED) is 0.730. The maximum atomic E-state index is 11.2. The van der Waals surface area contributed by atoms with Gasteiger partial charge in [-0.15, -0.1) is 0 Å². The van der Waals surface area contributed by atoms with Gasteiger partial charge in [0, 0.05) is 38.4 Å². The van der Waals surface area contributed by atoms with Crippen molar-refractivity contribution in [2.75, 3.05) is 37.0 Å². The zero-order valence-electron chi connectivity index (χ0n) is 9.23. The van der Waals surface area contributed by atoms with Crippen LogP contribution in [0.15, 0.2) is 24.3 Å². The molecule has 0 saturated carbocycles. The summed E-state index contributed by atoms with van der Waals surface area (Å²) >= 11 is 0. The molecule has 0 aliphatic carbocycles. The van der Waals surface area contributed by atoms with Crippen molar-refractivity contribution in [2.45, 2.75) is 6.42 Å². The smallest absolute Gasteiger partial charge is 0.153 e. The molecule has 3 heteroatoms. The topological polar surface area (TPSA) is 23.6 Å². The van der Waals surface area contributed by atoms with E-state index in [4.69, 9.17) is 0 Å². The van der Waals surface area contributed by atoms with Gasteiger partial charge in [0.1, 0.15) is 0 Å². The molecule has 0 bridgehead atoms. The molecule has 1 heterocycles. The van der Waals surface area contributed by atoms with Crippen LogP contribution in [-0.2, 0) is 4.79 Å². The van der Waals surface area contributed by atoms with E-state index in [1.807, 2.05) is 14.1 Å². The highest BCUT2D eigenvalue weighted by atomic mass is 16.1. The summed E-state index contributed by atoms with van der Waals surface area (Å²) in [6, 6.07) is 8.32. The van der Waals surface area contributed by atoms with Gasteiger partial charge >= 0.3 is 0 Å². The standard InChI is InChI=1S/C12H16N2O/c1-13(2)10-3-5-11(6-4-10)14-8-7-12(15)9-14/h3-6H,7-9H2,1-2H3. The lowest BCUT2D eigenvalue weighted by Crippen LogP contribution is -2.19. The molecule has 1 aromatic carbocycles. The Bertz CT molecular complexity index is 356. The van der Waals surface area contributed by atoms with E-state index in [1.165, 1.54) is 5.69 Å². The first-order chi connectivity index (χ1) is 7.16. The molecule has 0 atom stereocenters. The molecule has 0 N–H and O–H groups in total. The fraction of sp³-hybridized carbons (Fsp3) is 0.417. The van der Waals surface area contributed by atoms with E-state index in [0.29, 0.717) is 18.7 Å². The van der Waals surface area contributed by atoms with Crippen molar-refractivity contribution in [3.63, 3.8) is 0 Å². The van der Waals surface area contributed by atoms with Gasteiger partial charge in [-0.3, -0.25) is 4.79 Å². The Labute approximate surface area is 90.3 Å². The zero-order chi connectivity index (χ0) is 10.8. The van der Waals surface area contributed by atoms with Gasteiger partial charge in [-0.05, 0) is 24.3 Å². The molecular formula is C12H16N2O. The Hall–Kier alpha value is -1.51. The van der Waals surface area contributed by atoms with Gasteiger partial charge in [0.25, 0.3) is 0 Å². The first kappa shape index (κ1) is 10.0. The van der Waals surface area contributed by atoms with Crippen LogP contribution in [0, 0.1) is 0 Å². The van der Waals surface area contributed by atoms with Crippen LogP contribution in [0.25, 0.3) is 0 Å². The van der Waals surface area contributed by atoms with Crippen LogP contribution < -0.4 is 9.80 Å². The predicted molar refractivity (Wildman–Crippen MR) is 62.6 cm³/mol. The highest BCUT2D eigenvalue weighted by Gasteiger charge is 2.19. The number of hydrogen-bond acceptors (Lipinski definition) is 3. The number of Topliss-reactive ketones (excluding diaryl/α,β-unsaturated/α-hetero) is 1. The van der Waals surface area contributed by atoms with Crippen LogP contribution in [0.2, 0.25) is 0 Å². The maximum absolute atomic E-state index is 11.2. The lowest BCUT2D eigenvalue weighted by molar-refractivity contribution is -0.116. The Morgan fingerprint density at radius 1 is 1.20 bits per heavy atom. The average Bonchev–Trinajstić information content (AvgIpc) is 2.65. The Kier molecular flexibility index (Phi) is 2.62. The van der Waals surface area contributed by atoms with E-state index in [0.717, 1.165) is 12.2 Å². The molecule has 1 fully saturated rings. The molecule has 0 aromatic heterocycles. The minimum absolute atomic E-state index is 0.340. The number of carbonyl (C=O) groups excluding carboxylic acids is 1. The first-order valence-corrected chi connectivity index (χ1v) is 5.21. The average molecular weight is 204 g/mol. The molecule has 0 radical (unpaired) electrons. The van der Waals surface area contributed by atoms with Crippen LogP contribution in [-0.4, -0.2) is 33.0 Å². The van der Waals surface area contributed by atoms with Gasteiger partial charge < -0.3 is 9.80 Å². The van der Waals surface area contributed by atoms with Gasteiger partial charge in [0.2, 0.25) is 0 Å². The monoisotopic (exact) mass is 204 g/mol. The summed E-state index contributed by atoms with van der Waals surface area (Å²) in [6.07, 6.45) is 0.690. The summed E-state index contributed by atoms with van der Waals surface area (Å²) in [5.41, 5.74) is 2.33. The Morgan fingerprint density at radius 2 is 1.87 bits per heavy atom. The first-order valence-electron chi connectivity index (χ1n) is 5.21. The molecule has 1 saturated heterocycles. The van der Waals surface area contributed by atoms with E-state index in [1.54, 1.807) is 0 Å². The zero-order valence-corrected chi connectivity index (χ0v) is 9.23. The van der Waals surface area contributed by atoms with Gasteiger partial charge in [-0.25, -0.2) is 0 Å². The molecule has 0 amide bonds. The summed E-state index contributed by atoms with van der Waals surface area (Å²) in [5.74, 6) is 0.340. The van der Waals surface area contributed by atoms with E-state index in [9.17, 15) is 4.79 Å². The third-order valence-corrected chi connectivity index (χ3v) is 2.76. The van der Waals surface area contributed by atoms with Crippen LogP contribution in [0.4, 0.5) is 11.4 Å². The lowest BCUT2D eigenvalue weighted by Gasteiger charge is -2.18. The molecule has 2 rings (SSSR count).